The van der Waals surface area contributed by atoms with Crippen LogP contribution in [0.5, 0.6) is 0 Å². The van der Waals surface area contributed by atoms with Crippen LogP contribution in [0.3, 0.4) is 0 Å². The monoisotopic (exact) mass is 294 g/mol. The molecule has 4 rings (SSSR count). The SMILES string of the molecule is O=c1[nH]cccc1-c1cc(NC2CCCC2)nc2[nH]ccc12. The van der Waals surface area contributed by atoms with Crippen LogP contribution in [0.4, 0.5) is 5.82 Å². The van der Waals surface area contributed by atoms with Crippen molar-refractivity contribution in [3.63, 3.8) is 0 Å². The molecule has 3 N–H and O–H groups in total. The van der Waals surface area contributed by atoms with E-state index in [1.807, 2.05) is 30.5 Å². The molecule has 1 aliphatic rings. The number of anilines is 1. The topological polar surface area (TPSA) is 73.6 Å². The Hall–Kier alpha value is -2.56. The minimum atomic E-state index is -0.0805. The number of H-pyrrole nitrogens is 2. The molecule has 1 aliphatic carbocycles. The Morgan fingerprint density at radius 3 is 2.77 bits per heavy atom. The highest BCUT2D eigenvalue weighted by atomic mass is 16.1. The largest absolute Gasteiger partial charge is 0.367 e. The molecule has 0 bridgehead atoms. The van der Waals surface area contributed by atoms with E-state index in [2.05, 4.69) is 20.3 Å². The Labute approximate surface area is 127 Å². The summed E-state index contributed by atoms with van der Waals surface area (Å²) < 4.78 is 0. The molecule has 0 aliphatic heterocycles. The lowest BCUT2D eigenvalue weighted by molar-refractivity contribution is 0.751. The van der Waals surface area contributed by atoms with Crippen LogP contribution >= 0.6 is 0 Å². The van der Waals surface area contributed by atoms with Gasteiger partial charge < -0.3 is 15.3 Å². The Morgan fingerprint density at radius 2 is 1.95 bits per heavy atom. The van der Waals surface area contributed by atoms with Crippen LogP contribution in [0.2, 0.25) is 0 Å². The van der Waals surface area contributed by atoms with E-state index in [0.717, 1.165) is 22.4 Å². The zero-order valence-corrected chi connectivity index (χ0v) is 12.2. The van der Waals surface area contributed by atoms with Gasteiger partial charge >= 0.3 is 0 Å². The lowest BCUT2D eigenvalue weighted by atomic mass is 10.1. The third-order valence-corrected chi connectivity index (χ3v) is 4.34. The maximum absolute atomic E-state index is 12.1. The second-order valence-corrected chi connectivity index (χ2v) is 5.83. The molecule has 5 heteroatoms. The molecule has 3 heterocycles. The summed E-state index contributed by atoms with van der Waals surface area (Å²) in [5.41, 5.74) is 2.31. The van der Waals surface area contributed by atoms with E-state index in [1.165, 1.54) is 25.7 Å². The second kappa shape index (κ2) is 5.33. The Bertz CT molecular complexity index is 858. The molecule has 1 fully saturated rings. The van der Waals surface area contributed by atoms with Gasteiger partial charge in [-0.2, -0.15) is 0 Å². The minimum absolute atomic E-state index is 0.0805. The Kier molecular flexibility index (Phi) is 3.18. The van der Waals surface area contributed by atoms with Crippen molar-refractivity contribution in [2.24, 2.45) is 0 Å². The predicted molar refractivity (Wildman–Crippen MR) is 88.0 cm³/mol. The first kappa shape index (κ1) is 13.1. The third kappa shape index (κ3) is 2.28. The zero-order chi connectivity index (χ0) is 14.9. The number of hydrogen-bond donors (Lipinski definition) is 3. The van der Waals surface area contributed by atoms with Crippen molar-refractivity contribution >= 4 is 16.9 Å². The van der Waals surface area contributed by atoms with Gasteiger partial charge in [0.2, 0.25) is 0 Å². The van der Waals surface area contributed by atoms with Crippen molar-refractivity contribution in [3.05, 3.63) is 47.0 Å². The highest BCUT2D eigenvalue weighted by Gasteiger charge is 2.17. The normalized spacial score (nSPS) is 15.5. The molecule has 0 unspecified atom stereocenters. The molecular formula is C17H18N4O. The maximum Gasteiger partial charge on any atom is 0.255 e. The van der Waals surface area contributed by atoms with Gasteiger partial charge in [-0.25, -0.2) is 4.98 Å². The summed E-state index contributed by atoms with van der Waals surface area (Å²) in [7, 11) is 0. The van der Waals surface area contributed by atoms with E-state index >= 15 is 0 Å². The Balaban J connectivity index is 1.84. The number of aromatic amines is 2. The average molecular weight is 294 g/mol. The third-order valence-electron chi connectivity index (χ3n) is 4.34. The summed E-state index contributed by atoms with van der Waals surface area (Å²) in [6.07, 6.45) is 8.43. The molecule has 0 spiro atoms. The molecule has 3 aromatic heterocycles. The fourth-order valence-electron chi connectivity index (χ4n) is 3.25. The van der Waals surface area contributed by atoms with E-state index in [-0.39, 0.29) is 5.56 Å². The molecular weight excluding hydrogens is 276 g/mol. The maximum atomic E-state index is 12.1. The van der Waals surface area contributed by atoms with Crippen molar-refractivity contribution in [1.29, 1.82) is 0 Å². The van der Waals surface area contributed by atoms with Gasteiger partial charge in [-0.3, -0.25) is 4.79 Å². The summed E-state index contributed by atoms with van der Waals surface area (Å²) >= 11 is 0. The average Bonchev–Trinajstić information content (AvgIpc) is 3.18. The first-order valence-electron chi connectivity index (χ1n) is 7.74. The van der Waals surface area contributed by atoms with Gasteiger partial charge in [0.1, 0.15) is 11.5 Å². The molecule has 0 radical (unpaired) electrons. The minimum Gasteiger partial charge on any atom is -0.367 e. The summed E-state index contributed by atoms with van der Waals surface area (Å²) in [5.74, 6) is 0.833. The molecule has 112 valence electrons. The molecule has 0 atom stereocenters. The van der Waals surface area contributed by atoms with Crippen molar-refractivity contribution < 1.29 is 0 Å². The summed E-state index contributed by atoms with van der Waals surface area (Å²) in [4.78, 5) is 22.7. The van der Waals surface area contributed by atoms with Crippen LogP contribution in [-0.4, -0.2) is 21.0 Å². The standard InChI is InChI=1S/C17H18N4O/c22-17-13(6-3-8-19-17)14-10-15(20-11-4-1-2-5-11)21-16-12(14)7-9-18-16/h3,6-11H,1-2,4-5H2,(H,19,22)(H2,18,20,21). The number of nitrogens with one attached hydrogen (secondary N) is 3. The summed E-state index contributed by atoms with van der Waals surface area (Å²) in [6.45, 7) is 0. The smallest absolute Gasteiger partial charge is 0.255 e. The van der Waals surface area contributed by atoms with Gasteiger partial charge in [-0.15, -0.1) is 0 Å². The van der Waals surface area contributed by atoms with Gasteiger partial charge in [0.05, 0.1) is 0 Å². The second-order valence-electron chi connectivity index (χ2n) is 5.83. The number of fused-ring (bicyclic) bond motifs is 1. The highest BCUT2D eigenvalue weighted by molar-refractivity contribution is 5.94. The first-order chi connectivity index (χ1) is 10.8. The van der Waals surface area contributed by atoms with Crippen molar-refractivity contribution in [2.45, 2.75) is 31.7 Å². The Morgan fingerprint density at radius 1 is 1.09 bits per heavy atom. The van der Waals surface area contributed by atoms with Gasteiger partial charge in [0.25, 0.3) is 5.56 Å². The molecule has 5 nitrogen and oxygen atoms in total. The van der Waals surface area contributed by atoms with E-state index in [9.17, 15) is 4.79 Å². The van der Waals surface area contributed by atoms with E-state index < -0.39 is 0 Å². The zero-order valence-electron chi connectivity index (χ0n) is 12.2. The molecule has 0 aromatic carbocycles. The van der Waals surface area contributed by atoms with E-state index in [0.29, 0.717) is 11.6 Å². The molecule has 3 aromatic rings. The number of rotatable bonds is 3. The van der Waals surface area contributed by atoms with Crippen LogP contribution in [0.25, 0.3) is 22.2 Å². The fraction of sp³-hybridized carbons (Fsp3) is 0.294. The van der Waals surface area contributed by atoms with Crippen LogP contribution in [0.15, 0.2) is 41.5 Å². The first-order valence-corrected chi connectivity index (χ1v) is 7.74. The van der Waals surface area contributed by atoms with E-state index in [4.69, 9.17) is 0 Å². The van der Waals surface area contributed by atoms with Crippen molar-refractivity contribution in [1.82, 2.24) is 15.0 Å². The summed E-state index contributed by atoms with van der Waals surface area (Å²) in [5, 5.41) is 4.48. The van der Waals surface area contributed by atoms with Gasteiger partial charge in [0.15, 0.2) is 0 Å². The van der Waals surface area contributed by atoms with Crippen molar-refractivity contribution in [3.8, 4) is 11.1 Å². The number of nitrogens with zero attached hydrogens (tertiary/aromatic N) is 1. The molecule has 0 saturated heterocycles. The fourth-order valence-corrected chi connectivity index (χ4v) is 3.25. The van der Waals surface area contributed by atoms with Crippen LogP contribution in [0.1, 0.15) is 25.7 Å². The van der Waals surface area contributed by atoms with E-state index in [1.54, 1.807) is 6.20 Å². The van der Waals surface area contributed by atoms with Crippen LogP contribution in [-0.2, 0) is 0 Å². The highest BCUT2D eigenvalue weighted by Crippen LogP contribution is 2.29. The molecule has 22 heavy (non-hydrogen) atoms. The number of aromatic nitrogens is 3. The number of hydrogen-bond acceptors (Lipinski definition) is 3. The quantitative estimate of drug-likeness (QED) is 0.694. The van der Waals surface area contributed by atoms with Crippen LogP contribution in [0, 0.1) is 0 Å². The number of pyridine rings is 2. The lowest BCUT2D eigenvalue weighted by Gasteiger charge is -2.14. The van der Waals surface area contributed by atoms with Gasteiger partial charge in [-0.05, 0) is 37.1 Å². The summed E-state index contributed by atoms with van der Waals surface area (Å²) in [6, 6.07) is 8.13. The lowest BCUT2D eigenvalue weighted by Crippen LogP contribution is -2.16. The van der Waals surface area contributed by atoms with Crippen LogP contribution < -0.4 is 10.9 Å². The molecule has 1 saturated carbocycles. The van der Waals surface area contributed by atoms with Gasteiger partial charge in [0, 0.05) is 34.9 Å². The van der Waals surface area contributed by atoms with Crippen molar-refractivity contribution in [2.75, 3.05) is 5.32 Å². The predicted octanol–water partition coefficient (Wildman–Crippen LogP) is 3.27. The molecule has 0 amide bonds. The van der Waals surface area contributed by atoms with Gasteiger partial charge in [-0.1, -0.05) is 12.8 Å².